The van der Waals surface area contributed by atoms with Crippen LogP contribution in [0.2, 0.25) is 0 Å². The Morgan fingerprint density at radius 1 is 0.909 bits per heavy atom. The number of para-hydroxylation sites is 2. The molecular formula is C17H20N2O2S. The second kappa shape index (κ2) is 5.32. The van der Waals surface area contributed by atoms with E-state index in [0.717, 1.165) is 22.5 Å². The molecule has 22 heavy (non-hydrogen) atoms. The number of sulfonamides is 1. The zero-order valence-electron chi connectivity index (χ0n) is 13.1. The van der Waals surface area contributed by atoms with Crippen LogP contribution in [0.25, 0.3) is 0 Å². The Balaban J connectivity index is 2.10. The van der Waals surface area contributed by atoms with Crippen LogP contribution < -0.4 is 9.21 Å². The smallest absolute Gasteiger partial charge is 0.264 e. The lowest BCUT2D eigenvalue weighted by Crippen LogP contribution is -2.42. The predicted molar refractivity (Wildman–Crippen MR) is 90.2 cm³/mol. The highest BCUT2D eigenvalue weighted by atomic mass is 32.2. The molecule has 5 heteroatoms. The van der Waals surface area contributed by atoms with Crippen LogP contribution in [0.15, 0.2) is 47.4 Å². The van der Waals surface area contributed by atoms with Crippen LogP contribution in [0.5, 0.6) is 0 Å². The van der Waals surface area contributed by atoms with Gasteiger partial charge in [-0.2, -0.15) is 0 Å². The average Bonchev–Trinajstić information content (AvgIpc) is 2.50. The lowest BCUT2D eigenvalue weighted by molar-refractivity contribution is 0.589. The molecule has 3 rings (SSSR count). The zero-order chi connectivity index (χ0) is 15.9. The molecule has 0 atom stereocenters. The van der Waals surface area contributed by atoms with Crippen molar-refractivity contribution in [2.24, 2.45) is 0 Å². The van der Waals surface area contributed by atoms with Crippen LogP contribution in [0, 0.1) is 13.8 Å². The summed E-state index contributed by atoms with van der Waals surface area (Å²) in [7, 11) is -1.55. The average molecular weight is 316 g/mol. The second-order valence-corrected chi connectivity index (χ2v) is 7.60. The van der Waals surface area contributed by atoms with Crippen molar-refractivity contribution in [2.45, 2.75) is 18.7 Å². The maximum absolute atomic E-state index is 13.0. The first-order valence-corrected chi connectivity index (χ1v) is 8.75. The van der Waals surface area contributed by atoms with Crippen LogP contribution >= 0.6 is 0 Å². The zero-order valence-corrected chi connectivity index (χ0v) is 13.9. The molecule has 0 bridgehead atoms. The van der Waals surface area contributed by atoms with Crippen molar-refractivity contribution in [3.05, 3.63) is 53.6 Å². The molecule has 1 heterocycles. The van der Waals surface area contributed by atoms with Crippen LogP contribution in [0.3, 0.4) is 0 Å². The molecule has 0 saturated heterocycles. The Bertz CT molecular complexity index is 815. The lowest BCUT2D eigenvalue weighted by atomic mass is 10.1. The van der Waals surface area contributed by atoms with E-state index in [-0.39, 0.29) is 0 Å². The highest BCUT2D eigenvalue weighted by Crippen LogP contribution is 2.35. The molecule has 1 aliphatic rings. The Morgan fingerprint density at radius 2 is 1.59 bits per heavy atom. The number of rotatable bonds is 2. The summed E-state index contributed by atoms with van der Waals surface area (Å²) in [5.74, 6) is 0. The Morgan fingerprint density at radius 3 is 2.27 bits per heavy atom. The molecule has 0 N–H and O–H groups in total. The normalized spacial score (nSPS) is 14.9. The van der Waals surface area contributed by atoms with E-state index in [1.807, 2.05) is 51.2 Å². The number of likely N-dealkylation sites (N-methyl/N-ethyl adjacent to an activating group) is 1. The van der Waals surface area contributed by atoms with Gasteiger partial charge in [-0.05, 0) is 49.2 Å². The van der Waals surface area contributed by atoms with E-state index in [1.54, 1.807) is 12.1 Å². The van der Waals surface area contributed by atoms with Gasteiger partial charge in [0.05, 0.1) is 22.8 Å². The van der Waals surface area contributed by atoms with E-state index in [4.69, 9.17) is 0 Å². The molecule has 0 radical (unpaired) electrons. The fourth-order valence-corrected chi connectivity index (χ4v) is 4.29. The van der Waals surface area contributed by atoms with Gasteiger partial charge in [-0.15, -0.1) is 0 Å². The van der Waals surface area contributed by atoms with Crippen molar-refractivity contribution in [3.8, 4) is 0 Å². The molecular weight excluding hydrogens is 296 g/mol. The first-order chi connectivity index (χ1) is 10.4. The Kier molecular flexibility index (Phi) is 3.60. The fourth-order valence-electron chi connectivity index (χ4n) is 2.73. The third-order valence-corrected chi connectivity index (χ3v) is 6.08. The third-order valence-electron chi connectivity index (χ3n) is 4.27. The maximum Gasteiger partial charge on any atom is 0.264 e. The summed E-state index contributed by atoms with van der Waals surface area (Å²) < 4.78 is 27.6. The monoisotopic (exact) mass is 316 g/mol. The molecule has 0 fully saturated rings. The molecule has 0 unspecified atom stereocenters. The number of hydrogen-bond donors (Lipinski definition) is 0. The fraction of sp³-hybridized carbons (Fsp3) is 0.294. The minimum Gasteiger partial charge on any atom is -0.371 e. The van der Waals surface area contributed by atoms with E-state index in [1.165, 1.54) is 4.31 Å². The molecule has 4 nitrogen and oxygen atoms in total. The van der Waals surface area contributed by atoms with Gasteiger partial charge in [0.25, 0.3) is 10.0 Å². The van der Waals surface area contributed by atoms with Gasteiger partial charge >= 0.3 is 0 Å². The minimum atomic E-state index is -3.53. The largest absolute Gasteiger partial charge is 0.371 e. The van der Waals surface area contributed by atoms with E-state index in [9.17, 15) is 8.42 Å². The summed E-state index contributed by atoms with van der Waals surface area (Å²) in [6.45, 7) is 5.06. The van der Waals surface area contributed by atoms with E-state index in [2.05, 4.69) is 4.90 Å². The molecule has 1 aliphatic heterocycles. The molecule has 0 aliphatic carbocycles. The van der Waals surface area contributed by atoms with E-state index >= 15 is 0 Å². The number of fused-ring (bicyclic) bond motifs is 1. The number of aryl methyl sites for hydroxylation is 2. The Hall–Kier alpha value is -2.01. The lowest BCUT2D eigenvalue weighted by Gasteiger charge is -2.36. The van der Waals surface area contributed by atoms with Gasteiger partial charge in [-0.1, -0.05) is 18.2 Å². The van der Waals surface area contributed by atoms with Crippen LogP contribution in [-0.4, -0.2) is 28.6 Å². The van der Waals surface area contributed by atoms with Crippen molar-refractivity contribution in [1.29, 1.82) is 0 Å². The summed E-state index contributed by atoms with van der Waals surface area (Å²) >= 11 is 0. The van der Waals surface area contributed by atoms with E-state index < -0.39 is 10.0 Å². The van der Waals surface area contributed by atoms with Crippen molar-refractivity contribution in [1.82, 2.24) is 0 Å². The molecule has 0 spiro atoms. The summed E-state index contributed by atoms with van der Waals surface area (Å²) in [5.41, 5.74) is 3.77. The maximum atomic E-state index is 13.0. The van der Waals surface area contributed by atoms with Gasteiger partial charge in [0, 0.05) is 13.6 Å². The summed E-state index contributed by atoms with van der Waals surface area (Å²) in [4.78, 5) is 2.44. The van der Waals surface area contributed by atoms with Crippen LogP contribution in [0.4, 0.5) is 11.4 Å². The van der Waals surface area contributed by atoms with Crippen molar-refractivity contribution >= 4 is 21.4 Å². The van der Waals surface area contributed by atoms with Gasteiger partial charge < -0.3 is 4.90 Å². The van der Waals surface area contributed by atoms with Crippen LogP contribution in [-0.2, 0) is 10.0 Å². The van der Waals surface area contributed by atoms with Gasteiger partial charge in [-0.3, -0.25) is 4.31 Å². The standard InChI is InChI=1S/C17H20N2O2S/c1-13-8-9-15(12-14(13)2)22(20,21)19-11-10-18(3)16-6-4-5-7-17(16)19/h4-9,12H,10-11H2,1-3H3. The Labute approximate surface area is 132 Å². The van der Waals surface area contributed by atoms with Crippen molar-refractivity contribution in [3.63, 3.8) is 0 Å². The minimum absolute atomic E-state index is 0.356. The number of hydrogen-bond acceptors (Lipinski definition) is 3. The third kappa shape index (κ3) is 2.35. The second-order valence-electron chi connectivity index (χ2n) is 5.73. The van der Waals surface area contributed by atoms with E-state index in [0.29, 0.717) is 18.0 Å². The number of anilines is 2. The van der Waals surface area contributed by atoms with Crippen LogP contribution in [0.1, 0.15) is 11.1 Å². The molecule has 0 saturated carbocycles. The molecule has 2 aromatic rings. The van der Waals surface area contributed by atoms with Gasteiger partial charge in [0.1, 0.15) is 0 Å². The summed E-state index contributed by atoms with van der Waals surface area (Å²) in [6.07, 6.45) is 0. The van der Waals surface area contributed by atoms with Gasteiger partial charge in [0.15, 0.2) is 0 Å². The highest BCUT2D eigenvalue weighted by Gasteiger charge is 2.30. The summed E-state index contributed by atoms with van der Waals surface area (Å²) in [6, 6.07) is 12.9. The highest BCUT2D eigenvalue weighted by molar-refractivity contribution is 7.92. The first-order valence-electron chi connectivity index (χ1n) is 7.31. The van der Waals surface area contributed by atoms with Crippen molar-refractivity contribution < 1.29 is 8.42 Å². The predicted octanol–water partition coefficient (Wildman–Crippen LogP) is 2.95. The quantitative estimate of drug-likeness (QED) is 0.855. The molecule has 0 amide bonds. The van der Waals surface area contributed by atoms with Gasteiger partial charge in [0.2, 0.25) is 0 Å². The number of nitrogens with zero attached hydrogens (tertiary/aromatic N) is 2. The molecule has 2 aromatic carbocycles. The SMILES string of the molecule is Cc1ccc(S(=O)(=O)N2CCN(C)c3ccccc32)cc1C. The molecule has 116 valence electrons. The topological polar surface area (TPSA) is 40.6 Å². The summed E-state index contributed by atoms with van der Waals surface area (Å²) in [5, 5.41) is 0. The first kappa shape index (κ1) is 14.9. The molecule has 0 aromatic heterocycles. The van der Waals surface area contributed by atoms with Gasteiger partial charge in [-0.25, -0.2) is 8.42 Å². The number of benzene rings is 2. The van der Waals surface area contributed by atoms with Crippen molar-refractivity contribution in [2.75, 3.05) is 29.3 Å².